The molecule has 1 unspecified atom stereocenters. The fraction of sp³-hybridized carbons (Fsp3) is 0.571. The van der Waals surface area contributed by atoms with E-state index >= 15 is 0 Å². The first-order chi connectivity index (χ1) is 12.6. The summed E-state index contributed by atoms with van der Waals surface area (Å²) in [6, 6.07) is 8.42. The Hall–Kier alpha value is -2.01. The number of nitrogens with one attached hydrogen (secondary N) is 2. The van der Waals surface area contributed by atoms with E-state index in [9.17, 15) is 0 Å². The number of hydrogen-bond acceptors (Lipinski definition) is 3. The van der Waals surface area contributed by atoms with Gasteiger partial charge in [0, 0.05) is 25.2 Å². The number of benzene rings is 1. The second-order valence-electron chi connectivity index (χ2n) is 6.35. The molecule has 5 heteroatoms. The number of aliphatic imine (C=N–C) groups is 1. The molecule has 1 rings (SSSR count). The van der Waals surface area contributed by atoms with E-state index < -0.39 is 0 Å². The van der Waals surface area contributed by atoms with Gasteiger partial charge in [-0.15, -0.1) is 0 Å². The zero-order chi connectivity index (χ0) is 19.2. The number of nitrogens with zero attached hydrogens (tertiary/aromatic N) is 2. The molecule has 0 saturated carbocycles. The lowest BCUT2D eigenvalue weighted by atomic mass is 10.1. The Morgan fingerprint density at radius 3 is 2.69 bits per heavy atom. The minimum absolute atomic E-state index is 0.379. The number of ether oxygens (including phenoxy) is 1. The molecule has 5 nitrogen and oxygen atoms in total. The van der Waals surface area contributed by atoms with Crippen LogP contribution in [0.5, 0.6) is 5.75 Å². The van der Waals surface area contributed by atoms with Crippen LogP contribution in [0.4, 0.5) is 0 Å². The Bertz CT molecular complexity index is 541. The lowest BCUT2D eigenvalue weighted by Crippen LogP contribution is -2.42. The van der Waals surface area contributed by atoms with Crippen LogP contribution in [0.3, 0.4) is 0 Å². The van der Waals surface area contributed by atoms with E-state index in [1.807, 2.05) is 18.2 Å². The van der Waals surface area contributed by atoms with Gasteiger partial charge in [-0.3, -0.25) is 4.99 Å². The van der Waals surface area contributed by atoms with Gasteiger partial charge in [0.05, 0.1) is 0 Å². The van der Waals surface area contributed by atoms with Crippen molar-refractivity contribution in [3.05, 3.63) is 42.5 Å². The second-order valence-corrected chi connectivity index (χ2v) is 6.35. The first-order valence-corrected chi connectivity index (χ1v) is 9.65. The molecule has 0 saturated heterocycles. The van der Waals surface area contributed by atoms with Crippen LogP contribution in [0.2, 0.25) is 0 Å². The predicted octanol–water partition coefficient (Wildman–Crippen LogP) is 3.43. The third-order valence-corrected chi connectivity index (χ3v) is 4.39. The first kappa shape index (κ1) is 22.0. The van der Waals surface area contributed by atoms with E-state index in [-0.39, 0.29) is 0 Å². The molecule has 0 fully saturated rings. The van der Waals surface area contributed by atoms with Gasteiger partial charge < -0.3 is 20.3 Å². The number of hydrogen-bond donors (Lipinski definition) is 2. The molecule has 0 spiro atoms. The number of para-hydroxylation sites is 1. The smallest absolute Gasteiger partial charge is 0.191 e. The minimum atomic E-state index is 0.379. The van der Waals surface area contributed by atoms with Gasteiger partial charge in [0.1, 0.15) is 12.4 Å². The lowest BCUT2D eigenvalue weighted by molar-refractivity contribution is 0.292. The maximum Gasteiger partial charge on any atom is 0.191 e. The lowest BCUT2D eigenvalue weighted by Gasteiger charge is -2.21. The molecule has 1 atom stereocenters. The van der Waals surface area contributed by atoms with Gasteiger partial charge in [-0.1, -0.05) is 44.7 Å². The molecule has 0 radical (unpaired) electrons. The van der Waals surface area contributed by atoms with E-state index in [1.54, 1.807) is 13.1 Å². The zero-order valence-corrected chi connectivity index (χ0v) is 16.9. The highest BCUT2D eigenvalue weighted by Crippen LogP contribution is 2.17. The van der Waals surface area contributed by atoms with E-state index in [2.05, 4.69) is 53.9 Å². The monoisotopic (exact) mass is 360 g/mol. The highest BCUT2D eigenvalue weighted by atomic mass is 16.5. The molecule has 26 heavy (non-hydrogen) atoms. The van der Waals surface area contributed by atoms with Crippen molar-refractivity contribution in [1.29, 1.82) is 0 Å². The normalized spacial score (nSPS) is 12.7. The minimum Gasteiger partial charge on any atom is -0.489 e. The van der Waals surface area contributed by atoms with Gasteiger partial charge in [-0.25, -0.2) is 0 Å². The summed E-state index contributed by atoms with van der Waals surface area (Å²) in [7, 11) is 1.80. The summed E-state index contributed by atoms with van der Waals surface area (Å²) in [6.07, 6.45) is 4.06. The summed E-state index contributed by atoms with van der Waals surface area (Å²) in [5.41, 5.74) is 1.10. The summed E-state index contributed by atoms with van der Waals surface area (Å²) in [5.74, 6) is 1.70. The Morgan fingerprint density at radius 2 is 2.04 bits per heavy atom. The molecule has 2 N–H and O–H groups in total. The van der Waals surface area contributed by atoms with Gasteiger partial charge in [-0.2, -0.15) is 0 Å². The fourth-order valence-electron chi connectivity index (χ4n) is 2.78. The van der Waals surface area contributed by atoms with E-state index in [1.165, 1.54) is 6.42 Å². The van der Waals surface area contributed by atoms with Gasteiger partial charge in [0.25, 0.3) is 0 Å². The largest absolute Gasteiger partial charge is 0.489 e. The van der Waals surface area contributed by atoms with Crippen molar-refractivity contribution >= 4 is 5.96 Å². The molecule has 0 amide bonds. The standard InChI is InChI=1S/C21H36N4O/c1-6-16-26-20-14-10-9-13-19(20)17-23-21(22-5)24-18(4)12-11-15-25(7-2)8-3/h6,9-10,13-14,18H,1,7-8,11-12,15-17H2,2-5H3,(H2,22,23,24). The summed E-state index contributed by atoms with van der Waals surface area (Å²) >= 11 is 0. The van der Waals surface area contributed by atoms with Crippen molar-refractivity contribution in [3.63, 3.8) is 0 Å². The summed E-state index contributed by atoms with van der Waals surface area (Å²) in [4.78, 5) is 6.80. The topological polar surface area (TPSA) is 48.9 Å². The van der Waals surface area contributed by atoms with Crippen molar-refractivity contribution in [3.8, 4) is 5.75 Å². The summed E-state index contributed by atoms with van der Waals surface area (Å²) in [5, 5.41) is 6.85. The van der Waals surface area contributed by atoms with Crippen molar-refractivity contribution in [2.75, 3.05) is 33.3 Å². The predicted molar refractivity (Wildman–Crippen MR) is 112 cm³/mol. The summed E-state index contributed by atoms with van der Waals surface area (Å²) in [6.45, 7) is 14.9. The van der Waals surface area contributed by atoms with Gasteiger partial charge in [0.15, 0.2) is 5.96 Å². The van der Waals surface area contributed by atoms with Gasteiger partial charge >= 0.3 is 0 Å². The fourth-order valence-corrected chi connectivity index (χ4v) is 2.78. The van der Waals surface area contributed by atoms with E-state index in [0.29, 0.717) is 19.2 Å². The van der Waals surface area contributed by atoms with Crippen LogP contribution in [0.1, 0.15) is 39.2 Å². The SMILES string of the molecule is C=CCOc1ccccc1CNC(=NC)NC(C)CCCN(CC)CC. The van der Waals surface area contributed by atoms with Crippen LogP contribution in [-0.4, -0.2) is 50.2 Å². The van der Waals surface area contributed by atoms with E-state index in [4.69, 9.17) is 4.74 Å². The molecule has 146 valence electrons. The van der Waals surface area contributed by atoms with Crippen LogP contribution in [-0.2, 0) is 6.54 Å². The Kier molecular flexibility index (Phi) is 11.2. The van der Waals surface area contributed by atoms with Crippen molar-refractivity contribution in [1.82, 2.24) is 15.5 Å². The van der Waals surface area contributed by atoms with Crippen molar-refractivity contribution in [2.24, 2.45) is 4.99 Å². The highest BCUT2D eigenvalue weighted by Gasteiger charge is 2.08. The average molecular weight is 361 g/mol. The second kappa shape index (κ2) is 13.2. The van der Waals surface area contributed by atoms with Crippen molar-refractivity contribution < 1.29 is 4.74 Å². The molecule has 0 aromatic heterocycles. The van der Waals surface area contributed by atoms with Crippen molar-refractivity contribution in [2.45, 2.75) is 46.2 Å². The van der Waals surface area contributed by atoms with Crippen LogP contribution in [0, 0.1) is 0 Å². The Morgan fingerprint density at radius 1 is 1.31 bits per heavy atom. The third kappa shape index (κ3) is 8.39. The van der Waals surface area contributed by atoms with Gasteiger partial charge in [-0.05, 0) is 45.5 Å². The first-order valence-electron chi connectivity index (χ1n) is 9.65. The maximum absolute atomic E-state index is 5.71. The molecule has 0 aliphatic heterocycles. The number of guanidine groups is 1. The average Bonchev–Trinajstić information content (AvgIpc) is 2.67. The summed E-state index contributed by atoms with van der Waals surface area (Å²) < 4.78 is 5.71. The maximum atomic E-state index is 5.71. The molecule has 1 aromatic rings. The zero-order valence-electron chi connectivity index (χ0n) is 16.9. The molecule has 0 heterocycles. The Labute approximate surface area is 159 Å². The third-order valence-electron chi connectivity index (χ3n) is 4.39. The molecular formula is C21H36N4O. The molecular weight excluding hydrogens is 324 g/mol. The van der Waals surface area contributed by atoms with E-state index in [0.717, 1.165) is 43.3 Å². The Balaban J connectivity index is 2.44. The van der Waals surface area contributed by atoms with Gasteiger partial charge in [0.2, 0.25) is 0 Å². The quantitative estimate of drug-likeness (QED) is 0.341. The van der Waals surface area contributed by atoms with Crippen LogP contribution in [0.25, 0.3) is 0 Å². The molecule has 0 bridgehead atoms. The molecule has 1 aromatic carbocycles. The highest BCUT2D eigenvalue weighted by molar-refractivity contribution is 5.79. The van der Waals surface area contributed by atoms with Crippen LogP contribution < -0.4 is 15.4 Å². The molecule has 0 aliphatic carbocycles. The number of rotatable bonds is 12. The van der Waals surface area contributed by atoms with Crippen LogP contribution >= 0.6 is 0 Å². The van der Waals surface area contributed by atoms with Crippen LogP contribution in [0.15, 0.2) is 41.9 Å². The molecule has 0 aliphatic rings.